The molecule has 0 aromatic carbocycles. The Labute approximate surface area is 61.8 Å². The number of carbonyl (C=O) groups excluding carboxylic acids is 1. The van der Waals surface area contributed by atoms with Crippen molar-refractivity contribution in [3.8, 4) is 0 Å². The monoisotopic (exact) mass is 170 g/mol. The first-order chi connectivity index (χ1) is 4.20. The largest absolute Gasteiger partial charge is 0.508 e. The first-order valence-corrected chi connectivity index (χ1v) is 3.19. The van der Waals surface area contributed by atoms with Crippen molar-refractivity contribution in [3.63, 3.8) is 0 Å². The Morgan fingerprint density at radius 1 is 1.67 bits per heavy atom. The number of alkyl halides is 2. The number of rotatable bonds is 1. The minimum Gasteiger partial charge on any atom is -0.430 e. The maximum atomic E-state index is 10.2. The second-order valence-electron chi connectivity index (χ2n) is 1.55. The van der Waals surface area contributed by atoms with E-state index in [4.69, 9.17) is 23.2 Å². The van der Waals surface area contributed by atoms with Crippen LogP contribution in [0.15, 0.2) is 0 Å². The second kappa shape index (κ2) is 2.62. The predicted molar refractivity (Wildman–Crippen MR) is 31.7 cm³/mol. The molecule has 0 N–H and O–H groups in total. The molecule has 5 heteroatoms. The van der Waals surface area contributed by atoms with Gasteiger partial charge in [0, 0.05) is 0 Å². The number of halogens is 2. The maximum absolute atomic E-state index is 10.2. The van der Waals surface area contributed by atoms with E-state index in [-0.39, 0.29) is 6.61 Å². The van der Waals surface area contributed by atoms with Crippen molar-refractivity contribution in [2.75, 3.05) is 6.61 Å². The topological polar surface area (TPSA) is 35.5 Å². The maximum Gasteiger partial charge on any atom is 0.508 e. The van der Waals surface area contributed by atoms with E-state index in [0.717, 1.165) is 0 Å². The van der Waals surface area contributed by atoms with Crippen LogP contribution in [-0.2, 0) is 9.47 Å². The molecule has 0 aromatic rings. The van der Waals surface area contributed by atoms with Crippen molar-refractivity contribution in [3.05, 3.63) is 0 Å². The van der Waals surface area contributed by atoms with E-state index in [9.17, 15) is 4.79 Å². The molecule has 1 aliphatic rings. The minimum atomic E-state index is -0.702. The minimum absolute atomic E-state index is 0.149. The van der Waals surface area contributed by atoms with Crippen molar-refractivity contribution in [1.82, 2.24) is 0 Å². The van der Waals surface area contributed by atoms with Gasteiger partial charge in [-0.25, -0.2) is 4.79 Å². The second-order valence-corrected chi connectivity index (χ2v) is 2.72. The van der Waals surface area contributed by atoms with Crippen LogP contribution in [0.25, 0.3) is 0 Å². The van der Waals surface area contributed by atoms with Gasteiger partial charge in [0.15, 0.2) is 6.10 Å². The Hall–Kier alpha value is -0.150. The van der Waals surface area contributed by atoms with Crippen LogP contribution in [-0.4, -0.2) is 23.7 Å². The van der Waals surface area contributed by atoms with Gasteiger partial charge in [-0.1, -0.05) is 0 Å². The van der Waals surface area contributed by atoms with E-state index in [2.05, 4.69) is 9.47 Å². The third-order valence-corrected chi connectivity index (χ3v) is 1.46. The Morgan fingerprint density at radius 2 is 2.33 bits per heavy atom. The van der Waals surface area contributed by atoms with Gasteiger partial charge >= 0.3 is 6.16 Å². The molecule has 3 nitrogen and oxygen atoms in total. The van der Waals surface area contributed by atoms with Crippen molar-refractivity contribution in [1.29, 1.82) is 0 Å². The first-order valence-electron chi connectivity index (χ1n) is 2.31. The highest BCUT2D eigenvalue weighted by Gasteiger charge is 2.29. The van der Waals surface area contributed by atoms with Crippen LogP contribution in [0, 0.1) is 0 Å². The Kier molecular flexibility index (Phi) is 2.03. The molecule has 0 unspecified atom stereocenters. The standard InChI is InChI=1S/C4H4Cl2O3/c5-3(6)2-1-8-4(7)9-2/h2-3H,1H2/t2-/m1/s1. The van der Waals surface area contributed by atoms with E-state index in [1.54, 1.807) is 0 Å². The summed E-state index contributed by atoms with van der Waals surface area (Å²) in [6, 6.07) is 0. The van der Waals surface area contributed by atoms with Gasteiger partial charge in [-0.2, -0.15) is 0 Å². The molecule has 0 radical (unpaired) electrons. The molecule has 1 fully saturated rings. The first kappa shape index (κ1) is 6.96. The van der Waals surface area contributed by atoms with Gasteiger partial charge in [-0.05, 0) is 0 Å². The summed E-state index contributed by atoms with van der Waals surface area (Å²) in [5.74, 6) is 0. The van der Waals surface area contributed by atoms with Gasteiger partial charge in [0.2, 0.25) is 0 Å². The van der Waals surface area contributed by atoms with Gasteiger partial charge in [0.05, 0.1) is 0 Å². The Bertz CT molecular complexity index is 125. The van der Waals surface area contributed by atoms with Gasteiger partial charge in [0.1, 0.15) is 11.4 Å². The molecular weight excluding hydrogens is 167 g/mol. The lowest BCUT2D eigenvalue weighted by molar-refractivity contribution is 0.120. The average molecular weight is 171 g/mol. The van der Waals surface area contributed by atoms with Gasteiger partial charge in [0.25, 0.3) is 0 Å². The summed E-state index contributed by atoms with van der Waals surface area (Å²) in [4.78, 5) is 9.50. The smallest absolute Gasteiger partial charge is 0.430 e. The summed E-state index contributed by atoms with van der Waals surface area (Å²) in [6.45, 7) is 0.149. The van der Waals surface area contributed by atoms with Crippen LogP contribution in [0.4, 0.5) is 4.79 Å². The summed E-state index contributed by atoms with van der Waals surface area (Å²) in [5, 5.41) is 0. The van der Waals surface area contributed by atoms with Gasteiger partial charge in [-0.15, -0.1) is 23.2 Å². The summed E-state index contributed by atoms with van der Waals surface area (Å²) in [5.41, 5.74) is 0. The highest BCUT2D eigenvalue weighted by atomic mass is 35.5. The SMILES string of the molecule is O=C1OC[C@H](C(Cl)Cl)O1. The molecule has 1 aliphatic heterocycles. The van der Waals surface area contributed by atoms with Crippen LogP contribution in [0.3, 0.4) is 0 Å². The van der Waals surface area contributed by atoms with E-state index in [1.807, 2.05) is 0 Å². The molecule has 0 bridgehead atoms. The van der Waals surface area contributed by atoms with E-state index in [0.29, 0.717) is 0 Å². The zero-order chi connectivity index (χ0) is 6.85. The molecule has 1 heterocycles. The molecule has 1 saturated heterocycles. The molecule has 1 rings (SSSR count). The number of cyclic esters (lactones) is 2. The predicted octanol–water partition coefficient (Wildman–Crippen LogP) is 1.33. The van der Waals surface area contributed by atoms with Crippen LogP contribution in [0.1, 0.15) is 0 Å². The average Bonchev–Trinajstić information content (AvgIpc) is 2.14. The molecule has 0 aromatic heterocycles. The van der Waals surface area contributed by atoms with Crippen LogP contribution < -0.4 is 0 Å². The van der Waals surface area contributed by atoms with Crippen molar-refractivity contribution in [2.45, 2.75) is 10.9 Å². The van der Waals surface area contributed by atoms with E-state index in [1.165, 1.54) is 0 Å². The summed E-state index contributed by atoms with van der Waals surface area (Å²) < 4.78 is 8.89. The van der Waals surface area contributed by atoms with Crippen LogP contribution in [0.2, 0.25) is 0 Å². The van der Waals surface area contributed by atoms with Crippen molar-refractivity contribution < 1.29 is 14.3 Å². The third-order valence-electron chi connectivity index (χ3n) is 0.894. The van der Waals surface area contributed by atoms with Gasteiger partial charge in [-0.3, -0.25) is 0 Å². The molecule has 0 saturated carbocycles. The van der Waals surface area contributed by atoms with E-state index < -0.39 is 17.1 Å². The summed E-state index contributed by atoms with van der Waals surface area (Å²) in [6.07, 6.45) is -1.20. The van der Waals surface area contributed by atoms with Gasteiger partial charge < -0.3 is 9.47 Å². The fraction of sp³-hybridized carbons (Fsp3) is 0.750. The third kappa shape index (κ3) is 1.63. The molecular formula is C4H4Cl2O3. The normalized spacial score (nSPS) is 26.1. The summed E-state index contributed by atoms with van der Waals surface area (Å²) in [7, 11) is 0. The fourth-order valence-electron chi connectivity index (χ4n) is 0.466. The lowest BCUT2D eigenvalue weighted by Gasteiger charge is -2.03. The zero-order valence-electron chi connectivity index (χ0n) is 4.34. The lowest BCUT2D eigenvalue weighted by atomic mass is 10.4. The fourth-order valence-corrected chi connectivity index (χ4v) is 0.714. The quantitative estimate of drug-likeness (QED) is 0.440. The van der Waals surface area contributed by atoms with Crippen LogP contribution in [0.5, 0.6) is 0 Å². The lowest BCUT2D eigenvalue weighted by Crippen LogP contribution is -2.17. The zero-order valence-corrected chi connectivity index (χ0v) is 5.85. The number of ether oxygens (including phenoxy) is 2. The van der Waals surface area contributed by atoms with Crippen molar-refractivity contribution in [2.24, 2.45) is 0 Å². The number of hydrogen-bond acceptors (Lipinski definition) is 3. The van der Waals surface area contributed by atoms with Crippen molar-refractivity contribution >= 4 is 29.4 Å². The van der Waals surface area contributed by atoms with E-state index >= 15 is 0 Å². The molecule has 9 heavy (non-hydrogen) atoms. The van der Waals surface area contributed by atoms with Crippen LogP contribution >= 0.6 is 23.2 Å². The molecule has 0 amide bonds. The Morgan fingerprint density at radius 3 is 2.56 bits per heavy atom. The molecule has 1 atom stereocenters. The number of hydrogen-bond donors (Lipinski definition) is 0. The molecule has 0 spiro atoms. The highest BCUT2D eigenvalue weighted by molar-refractivity contribution is 6.44. The molecule has 52 valence electrons. The molecule has 0 aliphatic carbocycles. The summed E-state index contributed by atoms with van der Waals surface area (Å²) >= 11 is 10.7. The number of carbonyl (C=O) groups is 1. The highest BCUT2D eigenvalue weighted by Crippen LogP contribution is 2.17. The Balaban J connectivity index is 2.39.